The molecule has 1 aromatic carbocycles. The number of rotatable bonds is 4. The second-order valence-electron chi connectivity index (χ2n) is 5.09. The van der Waals surface area contributed by atoms with Crippen molar-refractivity contribution >= 4 is 11.9 Å². The lowest BCUT2D eigenvalue weighted by atomic mass is 9.95. The van der Waals surface area contributed by atoms with E-state index < -0.39 is 23.5 Å². The van der Waals surface area contributed by atoms with E-state index in [0.29, 0.717) is 5.56 Å². The summed E-state index contributed by atoms with van der Waals surface area (Å²) in [5.74, 6) is -2.28. The van der Waals surface area contributed by atoms with Gasteiger partial charge in [-0.3, -0.25) is 9.59 Å². The van der Waals surface area contributed by atoms with Crippen molar-refractivity contribution in [1.29, 1.82) is 0 Å². The van der Waals surface area contributed by atoms with Gasteiger partial charge in [0, 0.05) is 0 Å². The van der Waals surface area contributed by atoms with E-state index in [0.717, 1.165) is 0 Å². The van der Waals surface area contributed by atoms with Gasteiger partial charge in [-0.2, -0.15) is 0 Å². The standard InChI is InChI=1S/C14H18O4/c1-14(2,3)18-13(17)11(9-12(15)16)10-7-5-4-6-8-10/h4-8,11H,9H2,1-3H3,(H,15,16)/t11-/m0/s1. The molecule has 1 N–H and O–H groups in total. The molecule has 0 heterocycles. The third-order valence-corrected chi connectivity index (χ3v) is 2.27. The van der Waals surface area contributed by atoms with Crippen molar-refractivity contribution in [2.45, 2.75) is 38.7 Å². The molecular formula is C14H18O4. The Bertz CT molecular complexity index is 417. The molecule has 0 radical (unpaired) electrons. The molecule has 98 valence electrons. The maximum Gasteiger partial charge on any atom is 0.314 e. The normalized spacial score (nSPS) is 12.8. The van der Waals surface area contributed by atoms with Crippen LogP contribution in [0.2, 0.25) is 0 Å². The van der Waals surface area contributed by atoms with Crippen LogP contribution in [0.15, 0.2) is 30.3 Å². The van der Waals surface area contributed by atoms with Crippen LogP contribution < -0.4 is 0 Å². The van der Waals surface area contributed by atoms with Gasteiger partial charge in [0.1, 0.15) is 5.60 Å². The van der Waals surface area contributed by atoms with Crippen LogP contribution in [0.5, 0.6) is 0 Å². The molecule has 0 saturated carbocycles. The lowest BCUT2D eigenvalue weighted by molar-refractivity contribution is -0.159. The summed E-state index contributed by atoms with van der Waals surface area (Å²) in [4.78, 5) is 22.9. The lowest BCUT2D eigenvalue weighted by Gasteiger charge is -2.23. The summed E-state index contributed by atoms with van der Waals surface area (Å²) in [5.41, 5.74) is 0.0388. The first-order chi connectivity index (χ1) is 8.29. The molecule has 0 fully saturated rings. The number of carboxylic acid groups (broad SMARTS) is 1. The van der Waals surface area contributed by atoms with Gasteiger partial charge in [-0.1, -0.05) is 30.3 Å². The summed E-state index contributed by atoms with van der Waals surface area (Å²) in [7, 11) is 0. The van der Waals surface area contributed by atoms with Gasteiger partial charge < -0.3 is 9.84 Å². The van der Waals surface area contributed by atoms with E-state index in [9.17, 15) is 9.59 Å². The van der Waals surface area contributed by atoms with Crippen LogP contribution in [0, 0.1) is 0 Å². The number of carbonyl (C=O) groups excluding carboxylic acids is 1. The molecule has 1 rings (SSSR count). The fourth-order valence-electron chi connectivity index (χ4n) is 1.57. The van der Waals surface area contributed by atoms with E-state index in [1.54, 1.807) is 45.0 Å². The van der Waals surface area contributed by atoms with Gasteiger partial charge in [-0.15, -0.1) is 0 Å². The predicted molar refractivity (Wildman–Crippen MR) is 67.3 cm³/mol. The zero-order valence-electron chi connectivity index (χ0n) is 10.8. The molecule has 4 nitrogen and oxygen atoms in total. The summed E-state index contributed by atoms with van der Waals surface area (Å²) in [6.45, 7) is 5.27. The minimum atomic E-state index is -1.02. The molecule has 0 unspecified atom stereocenters. The highest BCUT2D eigenvalue weighted by atomic mass is 16.6. The second-order valence-corrected chi connectivity index (χ2v) is 5.09. The monoisotopic (exact) mass is 250 g/mol. The van der Waals surface area contributed by atoms with E-state index in [1.807, 2.05) is 6.07 Å². The average Bonchev–Trinajstić information content (AvgIpc) is 2.24. The highest BCUT2D eigenvalue weighted by Gasteiger charge is 2.28. The molecular weight excluding hydrogens is 232 g/mol. The molecule has 0 aliphatic rings. The van der Waals surface area contributed by atoms with E-state index in [2.05, 4.69) is 0 Å². The van der Waals surface area contributed by atoms with Crippen molar-refractivity contribution in [3.63, 3.8) is 0 Å². The van der Waals surface area contributed by atoms with Crippen LogP contribution in [-0.4, -0.2) is 22.6 Å². The van der Waals surface area contributed by atoms with Gasteiger partial charge in [-0.05, 0) is 26.3 Å². The first kappa shape index (κ1) is 14.2. The summed E-state index contributed by atoms with van der Waals surface area (Å²) < 4.78 is 5.25. The number of aliphatic carboxylic acids is 1. The molecule has 0 aromatic heterocycles. The molecule has 18 heavy (non-hydrogen) atoms. The SMILES string of the molecule is CC(C)(C)OC(=O)[C@@H](CC(=O)O)c1ccccc1. The quantitative estimate of drug-likeness (QED) is 0.834. The Morgan fingerprint density at radius 2 is 1.78 bits per heavy atom. The van der Waals surface area contributed by atoms with Crippen molar-refractivity contribution < 1.29 is 19.4 Å². The fourth-order valence-corrected chi connectivity index (χ4v) is 1.57. The van der Waals surface area contributed by atoms with E-state index >= 15 is 0 Å². The average molecular weight is 250 g/mol. The minimum Gasteiger partial charge on any atom is -0.481 e. The van der Waals surface area contributed by atoms with Crippen molar-refractivity contribution in [3.05, 3.63) is 35.9 Å². The Balaban J connectivity index is 2.92. The number of carboxylic acids is 1. The summed E-state index contributed by atoms with van der Waals surface area (Å²) in [6.07, 6.45) is -0.265. The predicted octanol–water partition coefficient (Wildman–Crippen LogP) is 2.59. The topological polar surface area (TPSA) is 63.6 Å². The highest BCUT2D eigenvalue weighted by Crippen LogP contribution is 2.23. The van der Waals surface area contributed by atoms with Crippen LogP contribution in [0.4, 0.5) is 0 Å². The number of benzene rings is 1. The Labute approximate surface area is 107 Å². The lowest BCUT2D eigenvalue weighted by Crippen LogP contribution is -2.28. The van der Waals surface area contributed by atoms with Crippen molar-refractivity contribution in [1.82, 2.24) is 0 Å². The van der Waals surface area contributed by atoms with Gasteiger partial charge >= 0.3 is 11.9 Å². The zero-order valence-corrected chi connectivity index (χ0v) is 10.8. The van der Waals surface area contributed by atoms with Gasteiger partial charge in [0.15, 0.2) is 0 Å². The maximum atomic E-state index is 12.0. The molecule has 0 bridgehead atoms. The molecule has 4 heteroatoms. The van der Waals surface area contributed by atoms with Gasteiger partial charge in [0.2, 0.25) is 0 Å². The first-order valence-corrected chi connectivity index (χ1v) is 5.79. The van der Waals surface area contributed by atoms with Crippen molar-refractivity contribution in [3.8, 4) is 0 Å². The summed E-state index contributed by atoms with van der Waals surface area (Å²) in [5, 5.41) is 8.88. The molecule has 1 aromatic rings. The number of esters is 1. The molecule has 0 aliphatic carbocycles. The van der Waals surface area contributed by atoms with E-state index in [4.69, 9.17) is 9.84 Å². The van der Waals surface area contributed by atoms with Gasteiger partial charge in [0.25, 0.3) is 0 Å². The molecule has 0 amide bonds. The smallest absolute Gasteiger partial charge is 0.314 e. The Morgan fingerprint density at radius 3 is 2.22 bits per heavy atom. The summed E-state index contributed by atoms with van der Waals surface area (Å²) in [6, 6.07) is 8.83. The van der Waals surface area contributed by atoms with E-state index in [1.165, 1.54) is 0 Å². The minimum absolute atomic E-state index is 0.265. The number of carbonyl (C=O) groups is 2. The van der Waals surface area contributed by atoms with Crippen LogP contribution in [0.1, 0.15) is 38.7 Å². The molecule has 0 spiro atoms. The largest absolute Gasteiger partial charge is 0.481 e. The third-order valence-electron chi connectivity index (χ3n) is 2.27. The maximum absolute atomic E-state index is 12.0. The van der Waals surface area contributed by atoms with Gasteiger partial charge in [0.05, 0.1) is 12.3 Å². The third kappa shape index (κ3) is 4.57. The second kappa shape index (κ2) is 5.67. The number of ether oxygens (including phenoxy) is 1. The van der Waals surface area contributed by atoms with Crippen molar-refractivity contribution in [2.75, 3.05) is 0 Å². The molecule has 0 aliphatic heterocycles. The van der Waals surface area contributed by atoms with Crippen molar-refractivity contribution in [2.24, 2.45) is 0 Å². The molecule has 0 saturated heterocycles. The Kier molecular flexibility index (Phi) is 4.48. The first-order valence-electron chi connectivity index (χ1n) is 5.79. The molecule has 1 atom stereocenters. The Morgan fingerprint density at radius 1 is 1.22 bits per heavy atom. The zero-order chi connectivity index (χ0) is 13.8. The van der Waals surface area contributed by atoms with Gasteiger partial charge in [-0.25, -0.2) is 0 Å². The fraction of sp³-hybridized carbons (Fsp3) is 0.429. The Hall–Kier alpha value is -1.84. The number of hydrogen-bond acceptors (Lipinski definition) is 3. The summed E-state index contributed by atoms with van der Waals surface area (Å²) >= 11 is 0. The van der Waals surface area contributed by atoms with Crippen LogP contribution in [-0.2, 0) is 14.3 Å². The van der Waals surface area contributed by atoms with Crippen LogP contribution in [0.3, 0.4) is 0 Å². The van der Waals surface area contributed by atoms with Crippen LogP contribution in [0.25, 0.3) is 0 Å². The van der Waals surface area contributed by atoms with E-state index in [-0.39, 0.29) is 6.42 Å². The number of hydrogen-bond donors (Lipinski definition) is 1. The van der Waals surface area contributed by atoms with Crippen LogP contribution >= 0.6 is 0 Å². The highest BCUT2D eigenvalue weighted by molar-refractivity contribution is 5.84.